The first-order valence-electron chi connectivity index (χ1n) is 4.26. The molecule has 0 saturated heterocycles. The largest absolute Gasteiger partial charge is 0.495 e. The minimum absolute atomic E-state index is 0.0682. The Hall–Kier alpha value is -1.45. The SMILES string of the molecule is COc1ccc([N+](C)=S(=O)=O)cc1S(=O)(=O)O. The van der Waals surface area contributed by atoms with E-state index in [4.69, 9.17) is 9.29 Å². The molecule has 0 heterocycles. The molecule has 1 aromatic carbocycles. The first-order chi connectivity index (χ1) is 7.77. The molecule has 0 spiro atoms. The molecular formula is C8H10NO6S2+. The summed E-state index contributed by atoms with van der Waals surface area (Å²) in [7, 11) is -4.55. The van der Waals surface area contributed by atoms with Crippen LogP contribution in [0.3, 0.4) is 0 Å². The lowest BCUT2D eigenvalue weighted by Gasteiger charge is -2.04. The van der Waals surface area contributed by atoms with Crippen molar-refractivity contribution >= 4 is 26.3 Å². The third kappa shape index (κ3) is 3.02. The summed E-state index contributed by atoms with van der Waals surface area (Å²) in [4.78, 5) is -0.491. The lowest BCUT2D eigenvalue weighted by atomic mass is 10.3. The highest BCUT2D eigenvalue weighted by Crippen LogP contribution is 2.27. The summed E-state index contributed by atoms with van der Waals surface area (Å²) in [5.41, 5.74) is 0.0896. The van der Waals surface area contributed by atoms with Crippen molar-refractivity contribution in [2.45, 2.75) is 4.90 Å². The fourth-order valence-corrected chi connectivity index (χ4v) is 2.11. The van der Waals surface area contributed by atoms with E-state index in [0.29, 0.717) is 0 Å². The first-order valence-corrected chi connectivity index (χ1v) is 6.73. The zero-order valence-corrected chi connectivity index (χ0v) is 10.6. The van der Waals surface area contributed by atoms with Crippen molar-refractivity contribution in [3.63, 3.8) is 0 Å². The monoisotopic (exact) mass is 280 g/mol. The van der Waals surface area contributed by atoms with Crippen LogP contribution in [-0.4, -0.2) is 39.5 Å². The van der Waals surface area contributed by atoms with Crippen molar-refractivity contribution in [2.75, 3.05) is 14.2 Å². The highest BCUT2D eigenvalue weighted by molar-refractivity contribution is 7.86. The van der Waals surface area contributed by atoms with Gasteiger partial charge in [-0.1, -0.05) is 3.95 Å². The molecule has 1 rings (SSSR count). The van der Waals surface area contributed by atoms with Crippen LogP contribution < -0.4 is 4.74 Å². The van der Waals surface area contributed by atoms with Crippen LogP contribution >= 0.6 is 0 Å². The zero-order valence-electron chi connectivity index (χ0n) is 8.98. The molecule has 1 N–H and O–H groups in total. The number of hydrogen-bond donors (Lipinski definition) is 1. The lowest BCUT2D eigenvalue weighted by Crippen LogP contribution is -2.03. The Balaban J connectivity index is 3.60. The summed E-state index contributed by atoms with van der Waals surface area (Å²) in [5, 5.41) is 0. The van der Waals surface area contributed by atoms with Gasteiger partial charge < -0.3 is 4.74 Å². The Morgan fingerprint density at radius 3 is 2.35 bits per heavy atom. The Labute approximate surface area is 99.7 Å². The second-order valence-corrected chi connectivity index (χ2v) is 5.40. The van der Waals surface area contributed by atoms with Crippen molar-refractivity contribution in [2.24, 2.45) is 0 Å². The van der Waals surface area contributed by atoms with E-state index in [1.54, 1.807) is 0 Å². The molecule has 0 aliphatic carbocycles. The molecule has 9 heteroatoms. The molecule has 0 amide bonds. The molecule has 1 aromatic rings. The summed E-state index contributed by atoms with van der Waals surface area (Å²) in [5.74, 6) is -0.0682. The van der Waals surface area contributed by atoms with Gasteiger partial charge in [0.25, 0.3) is 10.1 Å². The van der Waals surface area contributed by atoms with Gasteiger partial charge in [0.2, 0.25) is 5.69 Å². The standard InChI is InChI=1S/C8H9NO6S2/c1-9(16(10)11)6-3-4-7(15-2)8(5-6)17(12,13)14/h3-5H,1-2H3/p+1. The predicted molar refractivity (Wildman–Crippen MR) is 57.6 cm³/mol. The molecule has 0 unspecified atom stereocenters. The summed E-state index contributed by atoms with van der Waals surface area (Å²) >= 11 is 0. The molecular weight excluding hydrogens is 270 g/mol. The molecule has 0 radical (unpaired) electrons. The van der Waals surface area contributed by atoms with Crippen molar-refractivity contribution in [3.05, 3.63) is 18.2 Å². The number of methoxy groups -OCH3 is 1. The van der Waals surface area contributed by atoms with E-state index in [1.807, 2.05) is 0 Å². The molecule has 0 aliphatic heterocycles. The summed E-state index contributed by atoms with van der Waals surface area (Å²) in [6.45, 7) is 0. The molecule has 0 aromatic heterocycles. The van der Waals surface area contributed by atoms with Crippen LogP contribution in [0.2, 0.25) is 0 Å². The van der Waals surface area contributed by atoms with Gasteiger partial charge in [0.1, 0.15) is 10.6 Å². The van der Waals surface area contributed by atoms with Gasteiger partial charge in [0, 0.05) is 12.1 Å². The second-order valence-electron chi connectivity index (χ2n) is 3.02. The van der Waals surface area contributed by atoms with Crippen LogP contribution in [0.1, 0.15) is 0 Å². The minimum atomic E-state index is -4.48. The zero-order chi connectivity index (χ0) is 13.2. The molecule has 0 atom stereocenters. The minimum Gasteiger partial charge on any atom is -0.495 e. The number of ether oxygens (including phenoxy) is 1. The predicted octanol–water partition coefficient (Wildman–Crippen LogP) is 0.278. The maximum atomic E-state index is 11.1. The topological polar surface area (TPSA) is 101 Å². The van der Waals surface area contributed by atoms with Gasteiger partial charge in [-0.15, -0.1) is 8.42 Å². The number of nitrogens with zero attached hydrogens (tertiary/aromatic N) is 1. The Morgan fingerprint density at radius 1 is 1.35 bits per heavy atom. The number of hydrogen-bond acceptors (Lipinski definition) is 5. The van der Waals surface area contributed by atoms with Crippen LogP contribution in [0, 0.1) is 0 Å². The van der Waals surface area contributed by atoms with Gasteiger partial charge in [-0.05, 0) is 6.07 Å². The maximum absolute atomic E-state index is 11.1. The van der Waals surface area contributed by atoms with Crippen molar-refractivity contribution in [1.82, 2.24) is 0 Å². The Morgan fingerprint density at radius 2 is 1.94 bits per heavy atom. The van der Waals surface area contributed by atoms with E-state index in [0.717, 1.165) is 10.0 Å². The number of rotatable bonds is 3. The average Bonchev–Trinajstić information content (AvgIpc) is 2.25. The normalized spacial score (nSPS) is 11.0. The van der Waals surface area contributed by atoms with Crippen LogP contribution in [0.25, 0.3) is 0 Å². The Kier molecular flexibility index (Phi) is 3.86. The van der Waals surface area contributed by atoms with Gasteiger partial charge in [0.15, 0.2) is 7.05 Å². The van der Waals surface area contributed by atoms with Crippen LogP contribution in [0.15, 0.2) is 23.1 Å². The fourth-order valence-electron chi connectivity index (χ4n) is 1.15. The van der Waals surface area contributed by atoms with E-state index in [-0.39, 0.29) is 11.4 Å². The molecule has 0 saturated carbocycles. The van der Waals surface area contributed by atoms with Crippen LogP contribution in [-0.2, 0) is 20.6 Å². The average molecular weight is 280 g/mol. The number of benzene rings is 1. The van der Waals surface area contributed by atoms with Crippen molar-refractivity contribution < 1.29 is 30.1 Å². The van der Waals surface area contributed by atoms with Gasteiger partial charge >= 0.3 is 10.5 Å². The van der Waals surface area contributed by atoms with Crippen molar-refractivity contribution in [1.29, 1.82) is 0 Å². The fraction of sp³-hybridized carbons (Fsp3) is 0.250. The highest BCUT2D eigenvalue weighted by atomic mass is 32.2. The van der Waals surface area contributed by atoms with Gasteiger partial charge in [-0.25, -0.2) is 0 Å². The van der Waals surface area contributed by atoms with Crippen LogP contribution in [0.5, 0.6) is 5.75 Å². The quantitative estimate of drug-likeness (QED) is 0.630. The van der Waals surface area contributed by atoms with Crippen LogP contribution in [0.4, 0.5) is 5.69 Å². The maximum Gasteiger partial charge on any atom is 0.464 e. The van der Waals surface area contributed by atoms with Gasteiger partial charge in [-0.3, -0.25) is 4.55 Å². The summed E-state index contributed by atoms with van der Waals surface area (Å²) in [6, 6.07) is 3.61. The molecule has 0 aliphatic rings. The molecule has 7 nitrogen and oxygen atoms in total. The molecule has 94 valence electrons. The van der Waals surface area contributed by atoms with Crippen molar-refractivity contribution in [3.8, 4) is 5.75 Å². The van der Waals surface area contributed by atoms with Gasteiger partial charge in [-0.2, -0.15) is 8.42 Å². The molecule has 0 fully saturated rings. The first kappa shape index (κ1) is 13.6. The summed E-state index contributed by atoms with van der Waals surface area (Å²) < 4.78 is 58.1. The molecule has 17 heavy (non-hydrogen) atoms. The van der Waals surface area contributed by atoms with E-state index in [9.17, 15) is 16.8 Å². The molecule has 0 bridgehead atoms. The second kappa shape index (κ2) is 4.82. The Bertz CT molecular complexity index is 666. The van der Waals surface area contributed by atoms with E-state index in [2.05, 4.69) is 0 Å². The van der Waals surface area contributed by atoms with E-state index in [1.165, 1.54) is 26.3 Å². The van der Waals surface area contributed by atoms with Gasteiger partial charge in [0.05, 0.1) is 7.11 Å². The smallest absolute Gasteiger partial charge is 0.464 e. The van der Waals surface area contributed by atoms with E-state index < -0.39 is 25.5 Å². The lowest BCUT2D eigenvalue weighted by molar-refractivity contribution is -0.377. The highest BCUT2D eigenvalue weighted by Gasteiger charge is 2.20. The summed E-state index contributed by atoms with van der Waals surface area (Å²) in [6.07, 6.45) is 0. The van der Waals surface area contributed by atoms with E-state index >= 15 is 0 Å². The third-order valence-corrected chi connectivity index (χ3v) is 3.55. The third-order valence-electron chi connectivity index (χ3n) is 2.01.